The van der Waals surface area contributed by atoms with E-state index >= 15 is 0 Å². The number of nitrogens with zero attached hydrogens (tertiary/aromatic N) is 3. The number of aromatic nitrogens is 4. The van der Waals surface area contributed by atoms with Gasteiger partial charge in [0.15, 0.2) is 11.0 Å². The van der Waals surface area contributed by atoms with Gasteiger partial charge in [-0.25, -0.2) is 0 Å². The lowest BCUT2D eigenvalue weighted by Gasteiger charge is -2.14. The number of carbonyl (C=O) groups excluding carboxylic acids is 1. The Labute approximate surface area is 184 Å². The first-order chi connectivity index (χ1) is 15.3. The zero-order chi connectivity index (χ0) is 21.0. The molecule has 2 aromatic carbocycles. The standard InChI is InChI=1S/C23H23N5O2S/c29-21(25-16-7-2-1-3-8-16)15-31-23-27-26-22(28(23)14-17-9-6-12-30-17)19-13-24-20-11-5-4-10-18(19)20/h1-5,7-8,10-11,13,17,24H,6,9,12,14-15H2,(H,25,29). The number of amides is 1. The summed E-state index contributed by atoms with van der Waals surface area (Å²) in [5, 5.41) is 13.7. The summed E-state index contributed by atoms with van der Waals surface area (Å²) in [7, 11) is 0. The monoisotopic (exact) mass is 433 g/mol. The Morgan fingerprint density at radius 2 is 2.00 bits per heavy atom. The number of thioether (sulfide) groups is 1. The van der Waals surface area contributed by atoms with E-state index in [9.17, 15) is 4.79 Å². The van der Waals surface area contributed by atoms with E-state index in [4.69, 9.17) is 4.74 Å². The second-order valence-electron chi connectivity index (χ2n) is 7.50. The summed E-state index contributed by atoms with van der Waals surface area (Å²) in [6.45, 7) is 1.46. The van der Waals surface area contributed by atoms with Crippen LogP contribution in [-0.4, -0.2) is 44.1 Å². The molecule has 1 saturated heterocycles. The van der Waals surface area contributed by atoms with Crippen molar-refractivity contribution < 1.29 is 9.53 Å². The number of aromatic amines is 1. The van der Waals surface area contributed by atoms with Crippen molar-refractivity contribution in [3.8, 4) is 11.4 Å². The fraction of sp³-hybridized carbons (Fsp3) is 0.261. The van der Waals surface area contributed by atoms with Crippen LogP contribution in [0.15, 0.2) is 66.0 Å². The molecule has 7 nitrogen and oxygen atoms in total. The SMILES string of the molecule is O=C(CSc1nnc(-c2c[nH]c3ccccc23)n1CC1CCCO1)Nc1ccccc1. The fourth-order valence-electron chi connectivity index (χ4n) is 3.86. The van der Waals surface area contributed by atoms with E-state index < -0.39 is 0 Å². The van der Waals surface area contributed by atoms with E-state index in [1.54, 1.807) is 0 Å². The lowest BCUT2D eigenvalue weighted by atomic mass is 10.1. The van der Waals surface area contributed by atoms with Crippen LogP contribution in [0.3, 0.4) is 0 Å². The van der Waals surface area contributed by atoms with Crippen molar-refractivity contribution >= 4 is 34.3 Å². The van der Waals surface area contributed by atoms with Gasteiger partial charge in [0.1, 0.15) is 0 Å². The van der Waals surface area contributed by atoms with Gasteiger partial charge in [0.2, 0.25) is 5.91 Å². The minimum Gasteiger partial charge on any atom is -0.376 e. The highest BCUT2D eigenvalue weighted by Crippen LogP contribution is 2.31. The molecule has 2 N–H and O–H groups in total. The molecule has 0 aliphatic carbocycles. The Balaban J connectivity index is 1.39. The number of ether oxygens (including phenoxy) is 1. The summed E-state index contributed by atoms with van der Waals surface area (Å²) in [6.07, 6.45) is 4.19. The molecule has 1 amide bonds. The minimum absolute atomic E-state index is 0.0727. The Bertz CT molecular complexity index is 1180. The van der Waals surface area contributed by atoms with Crippen molar-refractivity contribution in [2.45, 2.75) is 30.6 Å². The van der Waals surface area contributed by atoms with Crippen molar-refractivity contribution in [2.75, 3.05) is 17.7 Å². The molecule has 1 aliphatic rings. The topological polar surface area (TPSA) is 84.8 Å². The molecule has 5 rings (SSSR count). The number of anilines is 1. The number of fused-ring (bicyclic) bond motifs is 1. The molecular formula is C23H23N5O2S. The van der Waals surface area contributed by atoms with Crippen LogP contribution in [0.4, 0.5) is 5.69 Å². The Morgan fingerprint density at radius 1 is 1.16 bits per heavy atom. The zero-order valence-corrected chi connectivity index (χ0v) is 17.8. The van der Waals surface area contributed by atoms with Crippen LogP contribution in [-0.2, 0) is 16.1 Å². The van der Waals surface area contributed by atoms with E-state index in [1.165, 1.54) is 11.8 Å². The number of hydrogen-bond donors (Lipinski definition) is 2. The highest BCUT2D eigenvalue weighted by Gasteiger charge is 2.23. The van der Waals surface area contributed by atoms with Gasteiger partial charge in [-0.15, -0.1) is 10.2 Å². The maximum atomic E-state index is 12.4. The predicted octanol–water partition coefficient (Wildman–Crippen LogP) is 4.34. The largest absolute Gasteiger partial charge is 0.376 e. The second-order valence-corrected chi connectivity index (χ2v) is 8.45. The second kappa shape index (κ2) is 8.95. The average molecular weight is 434 g/mol. The van der Waals surface area contributed by atoms with Crippen molar-refractivity contribution in [1.82, 2.24) is 19.7 Å². The van der Waals surface area contributed by atoms with Gasteiger partial charge in [-0.2, -0.15) is 0 Å². The third kappa shape index (κ3) is 4.35. The summed E-state index contributed by atoms with van der Waals surface area (Å²) >= 11 is 1.39. The van der Waals surface area contributed by atoms with Crippen LogP contribution in [0, 0.1) is 0 Å². The maximum absolute atomic E-state index is 12.4. The molecule has 0 spiro atoms. The quantitative estimate of drug-likeness (QED) is 0.424. The van der Waals surface area contributed by atoms with Crippen LogP contribution in [0.25, 0.3) is 22.3 Å². The van der Waals surface area contributed by atoms with Gasteiger partial charge < -0.3 is 15.0 Å². The Kier molecular flexibility index (Phi) is 5.73. The molecule has 0 radical (unpaired) electrons. The molecule has 0 saturated carbocycles. The van der Waals surface area contributed by atoms with E-state index in [-0.39, 0.29) is 17.8 Å². The molecule has 3 heterocycles. The van der Waals surface area contributed by atoms with Crippen molar-refractivity contribution in [3.63, 3.8) is 0 Å². The molecule has 1 fully saturated rings. The molecule has 4 aromatic rings. The summed E-state index contributed by atoms with van der Waals surface area (Å²) in [5.41, 5.74) is 2.84. The number of nitrogens with one attached hydrogen (secondary N) is 2. The summed E-state index contributed by atoms with van der Waals surface area (Å²) in [5.74, 6) is 0.974. The van der Waals surface area contributed by atoms with Crippen LogP contribution < -0.4 is 5.32 Å². The highest BCUT2D eigenvalue weighted by molar-refractivity contribution is 7.99. The summed E-state index contributed by atoms with van der Waals surface area (Å²) < 4.78 is 7.96. The summed E-state index contributed by atoms with van der Waals surface area (Å²) in [4.78, 5) is 15.7. The first-order valence-corrected chi connectivity index (χ1v) is 11.4. The summed E-state index contributed by atoms with van der Waals surface area (Å²) in [6, 6.07) is 17.6. The number of para-hydroxylation sites is 2. The molecule has 31 heavy (non-hydrogen) atoms. The third-order valence-electron chi connectivity index (χ3n) is 5.35. The van der Waals surface area contributed by atoms with E-state index in [0.717, 1.165) is 52.6 Å². The molecular weight excluding hydrogens is 410 g/mol. The molecule has 1 atom stereocenters. The van der Waals surface area contributed by atoms with Crippen molar-refractivity contribution in [3.05, 3.63) is 60.8 Å². The van der Waals surface area contributed by atoms with E-state index in [2.05, 4.69) is 31.1 Å². The number of carbonyl (C=O) groups is 1. The smallest absolute Gasteiger partial charge is 0.234 e. The van der Waals surface area contributed by atoms with Gasteiger partial charge >= 0.3 is 0 Å². The first-order valence-electron chi connectivity index (χ1n) is 10.4. The number of H-pyrrole nitrogens is 1. The number of hydrogen-bond acceptors (Lipinski definition) is 5. The van der Waals surface area contributed by atoms with Crippen molar-refractivity contribution in [1.29, 1.82) is 0 Å². The van der Waals surface area contributed by atoms with Gasteiger partial charge in [0.05, 0.1) is 18.4 Å². The van der Waals surface area contributed by atoms with Crippen molar-refractivity contribution in [2.24, 2.45) is 0 Å². The average Bonchev–Trinajstić information content (AvgIpc) is 3.53. The maximum Gasteiger partial charge on any atom is 0.234 e. The molecule has 8 heteroatoms. The number of benzene rings is 2. The van der Waals surface area contributed by atoms with Gasteiger partial charge in [0, 0.05) is 35.0 Å². The Hall–Kier alpha value is -3.10. The molecule has 2 aromatic heterocycles. The number of rotatable bonds is 7. The van der Waals surface area contributed by atoms with Gasteiger partial charge in [-0.1, -0.05) is 48.2 Å². The molecule has 1 unspecified atom stereocenters. The Morgan fingerprint density at radius 3 is 2.84 bits per heavy atom. The third-order valence-corrected chi connectivity index (χ3v) is 6.31. The molecule has 1 aliphatic heterocycles. The lowest BCUT2D eigenvalue weighted by molar-refractivity contribution is -0.113. The minimum atomic E-state index is -0.0727. The fourth-order valence-corrected chi connectivity index (χ4v) is 4.60. The van der Waals surface area contributed by atoms with Crippen LogP contribution in [0.5, 0.6) is 0 Å². The van der Waals surface area contributed by atoms with Gasteiger partial charge in [0.25, 0.3) is 0 Å². The van der Waals surface area contributed by atoms with Crippen LogP contribution >= 0.6 is 11.8 Å². The van der Waals surface area contributed by atoms with Gasteiger partial charge in [-0.3, -0.25) is 9.36 Å². The highest BCUT2D eigenvalue weighted by atomic mass is 32.2. The zero-order valence-electron chi connectivity index (χ0n) is 17.0. The predicted molar refractivity (Wildman–Crippen MR) is 122 cm³/mol. The van der Waals surface area contributed by atoms with E-state index in [0.29, 0.717) is 6.54 Å². The van der Waals surface area contributed by atoms with Crippen LogP contribution in [0.1, 0.15) is 12.8 Å². The normalized spacial score (nSPS) is 16.1. The molecule has 0 bridgehead atoms. The lowest BCUT2D eigenvalue weighted by Crippen LogP contribution is -2.18. The molecule has 158 valence electrons. The van der Waals surface area contributed by atoms with E-state index in [1.807, 2.05) is 54.7 Å². The first kappa shape index (κ1) is 19.8. The van der Waals surface area contributed by atoms with Crippen LogP contribution in [0.2, 0.25) is 0 Å². The van der Waals surface area contributed by atoms with Gasteiger partial charge in [-0.05, 0) is 31.0 Å².